The van der Waals surface area contributed by atoms with Gasteiger partial charge in [-0.15, -0.1) is 0 Å². The van der Waals surface area contributed by atoms with Crippen LogP contribution in [0.1, 0.15) is 104 Å². The first-order valence-corrected chi connectivity index (χ1v) is 13.2. The SMILES string of the molecule is C/C=C\C(NC(/C=C\C)=C/C)=C1\C=CC=CC1.CC(C)(C)C.CC(c1ccc(C(=O)O)cc1)C(C)(C)C. The van der Waals surface area contributed by atoms with E-state index >= 15 is 0 Å². The molecule has 3 heteroatoms. The van der Waals surface area contributed by atoms with E-state index in [-0.39, 0.29) is 5.41 Å². The number of nitrogens with one attached hydrogen (secondary N) is 1. The molecule has 0 spiro atoms. The van der Waals surface area contributed by atoms with Crippen LogP contribution in [0.3, 0.4) is 0 Å². The number of carboxylic acids is 1. The van der Waals surface area contributed by atoms with Crippen LogP contribution >= 0.6 is 0 Å². The molecule has 0 aliphatic heterocycles. The first-order valence-electron chi connectivity index (χ1n) is 13.2. The molecular weight excluding hydrogens is 454 g/mol. The summed E-state index contributed by atoms with van der Waals surface area (Å²) in [5.74, 6) is -0.453. The van der Waals surface area contributed by atoms with Crippen molar-refractivity contribution in [2.24, 2.45) is 10.8 Å². The highest BCUT2D eigenvalue weighted by Crippen LogP contribution is 2.34. The first kappa shape index (κ1) is 33.9. The summed E-state index contributed by atoms with van der Waals surface area (Å²) >= 11 is 0. The quantitative estimate of drug-likeness (QED) is 0.378. The van der Waals surface area contributed by atoms with Crippen LogP contribution in [-0.2, 0) is 0 Å². The summed E-state index contributed by atoms with van der Waals surface area (Å²) < 4.78 is 0. The summed E-state index contributed by atoms with van der Waals surface area (Å²) in [7, 11) is 0. The Labute approximate surface area is 227 Å². The highest BCUT2D eigenvalue weighted by Gasteiger charge is 2.21. The fourth-order valence-electron chi connectivity index (χ4n) is 3.07. The van der Waals surface area contributed by atoms with Crippen molar-refractivity contribution in [1.29, 1.82) is 0 Å². The Balaban J connectivity index is 0.000000596. The van der Waals surface area contributed by atoms with Crippen LogP contribution in [-0.4, -0.2) is 11.1 Å². The molecule has 2 N–H and O–H groups in total. The molecule has 0 fully saturated rings. The van der Waals surface area contributed by atoms with Gasteiger partial charge in [-0.2, -0.15) is 0 Å². The normalized spacial score (nSPS) is 16.0. The Morgan fingerprint density at radius 3 is 1.84 bits per heavy atom. The number of aromatic carboxylic acids is 1. The van der Waals surface area contributed by atoms with Crippen molar-refractivity contribution in [1.82, 2.24) is 5.32 Å². The van der Waals surface area contributed by atoms with Gasteiger partial charge in [0.2, 0.25) is 0 Å². The molecule has 1 aliphatic carbocycles. The predicted octanol–water partition coefficient (Wildman–Crippen LogP) is 9.99. The molecule has 1 aromatic carbocycles. The summed E-state index contributed by atoms with van der Waals surface area (Å²) in [5.41, 5.74) is 5.84. The molecule has 1 unspecified atom stereocenters. The number of allylic oxidation sites excluding steroid dienone is 10. The van der Waals surface area contributed by atoms with Crippen molar-refractivity contribution in [3.05, 3.63) is 107 Å². The number of rotatable bonds is 6. The summed E-state index contributed by atoms with van der Waals surface area (Å²) in [6.07, 6.45) is 19.8. The second kappa shape index (κ2) is 16.6. The Morgan fingerprint density at radius 1 is 0.919 bits per heavy atom. The van der Waals surface area contributed by atoms with E-state index in [4.69, 9.17) is 5.11 Å². The van der Waals surface area contributed by atoms with Crippen LogP contribution in [0, 0.1) is 10.8 Å². The zero-order valence-corrected chi connectivity index (χ0v) is 25.1. The zero-order valence-electron chi connectivity index (χ0n) is 25.1. The van der Waals surface area contributed by atoms with E-state index in [2.05, 4.69) is 109 Å². The molecule has 0 bridgehead atoms. The lowest BCUT2D eigenvalue weighted by Crippen LogP contribution is -2.15. The minimum absolute atomic E-state index is 0.199. The number of hydrogen-bond donors (Lipinski definition) is 2. The molecule has 0 amide bonds. The second-order valence-electron chi connectivity index (χ2n) is 11.8. The summed E-state index contributed by atoms with van der Waals surface area (Å²) in [4.78, 5) is 10.7. The predicted molar refractivity (Wildman–Crippen MR) is 163 cm³/mol. The minimum Gasteiger partial charge on any atom is -0.478 e. The Morgan fingerprint density at radius 2 is 1.46 bits per heavy atom. The lowest BCUT2D eigenvalue weighted by Gasteiger charge is -2.27. The van der Waals surface area contributed by atoms with Gasteiger partial charge in [0.25, 0.3) is 0 Å². The van der Waals surface area contributed by atoms with Crippen molar-refractivity contribution in [3.8, 4) is 0 Å². The van der Waals surface area contributed by atoms with Crippen LogP contribution in [0.5, 0.6) is 0 Å². The Kier molecular flexibility index (Phi) is 15.3. The summed E-state index contributed by atoms with van der Waals surface area (Å²) in [5, 5.41) is 12.2. The summed E-state index contributed by atoms with van der Waals surface area (Å²) in [6.45, 7) is 23.6. The lowest BCUT2D eigenvalue weighted by atomic mass is 9.78. The number of hydrogen-bond acceptors (Lipinski definition) is 2. The van der Waals surface area contributed by atoms with Gasteiger partial charge in [0.05, 0.1) is 5.56 Å². The van der Waals surface area contributed by atoms with Gasteiger partial charge >= 0.3 is 5.97 Å². The maximum Gasteiger partial charge on any atom is 0.335 e. The standard InChI is InChI=1S/C16H21N.C13H18O2.C5H12/c1-4-10-15(6-3)17-16(11-5-2)14-12-8-7-9-13-14;1-9(13(2,3)4)10-5-7-11(8-6-10)12(14)15;1-5(2,3)4/h4-12,17H,13H2,1-3H3;5-9H,1-4H3,(H,14,15);1-4H3/b10-4-,11-5-,15-6+,16-14+;;. The maximum absolute atomic E-state index is 10.7. The van der Waals surface area contributed by atoms with Crippen molar-refractivity contribution in [2.75, 3.05) is 0 Å². The van der Waals surface area contributed by atoms with Gasteiger partial charge in [-0.3, -0.25) is 0 Å². The number of benzene rings is 1. The van der Waals surface area contributed by atoms with Gasteiger partial charge in [-0.1, -0.05) is 110 Å². The molecule has 37 heavy (non-hydrogen) atoms. The van der Waals surface area contributed by atoms with Gasteiger partial charge in [0, 0.05) is 11.4 Å². The summed E-state index contributed by atoms with van der Waals surface area (Å²) in [6, 6.07) is 7.14. The monoisotopic (exact) mass is 505 g/mol. The molecule has 0 aromatic heterocycles. The first-order chi connectivity index (χ1) is 17.1. The molecule has 204 valence electrons. The molecule has 0 saturated carbocycles. The fraction of sp³-hybridized carbons (Fsp3) is 0.441. The lowest BCUT2D eigenvalue weighted by molar-refractivity contribution is 0.0697. The molecule has 0 radical (unpaired) electrons. The van der Waals surface area contributed by atoms with Gasteiger partial charge in [-0.05, 0) is 79.4 Å². The third-order valence-corrected chi connectivity index (χ3v) is 5.45. The molecule has 1 aromatic rings. The average Bonchev–Trinajstić information content (AvgIpc) is 2.82. The molecule has 0 heterocycles. The molecular formula is C34H51NO2. The van der Waals surface area contributed by atoms with E-state index in [1.54, 1.807) is 12.1 Å². The number of carboxylic acid groups (broad SMARTS) is 1. The smallest absolute Gasteiger partial charge is 0.335 e. The van der Waals surface area contributed by atoms with Crippen molar-refractivity contribution in [2.45, 2.75) is 88.5 Å². The van der Waals surface area contributed by atoms with Crippen molar-refractivity contribution < 1.29 is 9.90 Å². The third kappa shape index (κ3) is 15.6. The molecule has 2 rings (SSSR count). The second-order valence-corrected chi connectivity index (χ2v) is 11.8. The van der Waals surface area contributed by atoms with Crippen LogP contribution in [0.25, 0.3) is 0 Å². The molecule has 1 atom stereocenters. The van der Waals surface area contributed by atoms with Crippen LogP contribution < -0.4 is 5.32 Å². The van der Waals surface area contributed by atoms with E-state index < -0.39 is 5.97 Å². The van der Waals surface area contributed by atoms with E-state index in [1.165, 1.54) is 16.8 Å². The van der Waals surface area contributed by atoms with Crippen molar-refractivity contribution >= 4 is 5.97 Å². The highest BCUT2D eigenvalue weighted by atomic mass is 16.4. The van der Waals surface area contributed by atoms with Crippen LogP contribution in [0.15, 0.2) is 95.9 Å². The zero-order chi connectivity index (χ0) is 28.6. The van der Waals surface area contributed by atoms with Gasteiger partial charge in [0.15, 0.2) is 0 Å². The maximum atomic E-state index is 10.7. The average molecular weight is 506 g/mol. The Bertz CT molecular complexity index is 995. The van der Waals surface area contributed by atoms with E-state index in [0.717, 1.165) is 12.1 Å². The van der Waals surface area contributed by atoms with E-state index in [1.807, 2.05) is 39.0 Å². The Hall–Kier alpha value is -3.07. The minimum atomic E-state index is -0.870. The largest absolute Gasteiger partial charge is 0.478 e. The van der Waals surface area contributed by atoms with Gasteiger partial charge in [-0.25, -0.2) is 4.79 Å². The van der Waals surface area contributed by atoms with Crippen LogP contribution in [0.4, 0.5) is 0 Å². The van der Waals surface area contributed by atoms with Gasteiger partial charge < -0.3 is 10.4 Å². The third-order valence-electron chi connectivity index (χ3n) is 5.45. The van der Waals surface area contributed by atoms with E-state index in [0.29, 0.717) is 16.9 Å². The highest BCUT2D eigenvalue weighted by molar-refractivity contribution is 5.87. The van der Waals surface area contributed by atoms with Crippen LogP contribution in [0.2, 0.25) is 0 Å². The van der Waals surface area contributed by atoms with E-state index in [9.17, 15) is 4.79 Å². The number of carbonyl (C=O) groups is 1. The molecule has 0 saturated heterocycles. The van der Waals surface area contributed by atoms with Crippen molar-refractivity contribution in [3.63, 3.8) is 0 Å². The molecule has 1 aliphatic rings. The topological polar surface area (TPSA) is 49.3 Å². The molecule has 3 nitrogen and oxygen atoms in total. The van der Waals surface area contributed by atoms with Gasteiger partial charge in [0.1, 0.15) is 0 Å². The fourth-order valence-corrected chi connectivity index (χ4v) is 3.07.